The van der Waals surface area contributed by atoms with E-state index in [1.165, 1.54) is 7.11 Å². The maximum atomic E-state index is 11.8. The summed E-state index contributed by atoms with van der Waals surface area (Å²) in [6.07, 6.45) is 1.98. The second-order valence-electron chi connectivity index (χ2n) is 8.43. The Labute approximate surface area is 160 Å². The summed E-state index contributed by atoms with van der Waals surface area (Å²) in [7, 11) is 1.38. The highest BCUT2D eigenvalue weighted by atomic mass is 16.5. The average molecular weight is 366 g/mol. The molecule has 0 saturated heterocycles. The van der Waals surface area contributed by atoms with Crippen molar-refractivity contribution in [3.63, 3.8) is 0 Å². The standard InChI is InChI=1S/C23H26O4/c1-22(2)14-23(3,4)27-21-18(13-24)11-17(12-19(21)22)16-8-6-15(7-9-16)10-20(25)26-5/h6-9,11-13H,10,14H2,1-5H3. The molecule has 4 nitrogen and oxygen atoms in total. The molecule has 0 aliphatic carbocycles. The molecule has 0 bridgehead atoms. The summed E-state index contributed by atoms with van der Waals surface area (Å²) in [6, 6.07) is 11.8. The summed E-state index contributed by atoms with van der Waals surface area (Å²) < 4.78 is 10.9. The number of aldehydes is 1. The number of methoxy groups -OCH3 is 1. The first-order valence-corrected chi connectivity index (χ1v) is 9.14. The Morgan fingerprint density at radius 2 is 1.78 bits per heavy atom. The Bertz CT molecular complexity index is 876. The molecule has 0 atom stereocenters. The Morgan fingerprint density at radius 1 is 1.11 bits per heavy atom. The van der Waals surface area contributed by atoms with Crippen molar-refractivity contribution in [2.45, 2.75) is 51.6 Å². The third-order valence-electron chi connectivity index (χ3n) is 5.08. The number of carbonyl (C=O) groups excluding carboxylic acids is 2. The zero-order valence-electron chi connectivity index (χ0n) is 16.6. The molecule has 1 heterocycles. The van der Waals surface area contributed by atoms with Crippen molar-refractivity contribution in [1.82, 2.24) is 0 Å². The van der Waals surface area contributed by atoms with Crippen LogP contribution >= 0.6 is 0 Å². The van der Waals surface area contributed by atoms with E-state index in [1.54, 1.807) is 0 Å². The third kappa shape index (κ3) is 3.90. The van der Waals surface area contributed by atoms with Gasteiger partial charge < -0.3 is 9.47 Å². The number of hydrogen-bond donors (Lipinski definition) is 0. The number of rotatable bonds is 4. The minimum atomic E-state index is -0.314. The van der Waals surface area contributed by atoms with Gasteiger partial charge in [0.1, 0.15) is 11.4 Å². The fourth-order valence-electron chi connectivity index (χ4n) is 4.05. The molecule has 0 unspecified atom stereocenters. The van der Waals surface area contributed by atoms with E-state index in [1.807, 2.05) is 30.3 Å². The van der Waals surface area contributed by atoms with Crippen molar-refractivity contribution in [2.24, 2.45) is 0 Å². The molecule has 0 N–H and O–H groups in total. The molecule has 0 fully saturated rings. The number of esters is 1. The molecular formula is C23H26O4. The van der Waals surface area contributed by atoms with Gasteiger partial charge in [0.2, 0.25) is 0 Å². The van der Waals surface area contributed by atoms with Crippen LogP contribution in [0.3, 0.4) is 0 Å². The molecule has 0 aromatic heterocycles. The Hall–Kier alpha value is -2.62. The molecule has 2 aromatic carbocycles. The third-order valence-corrected chi connectivity index (χ3v) is 5.08. The van der Waals surface area contributed by atoms with E-state index in [-0.39, 0.29) is 23.4 Å². The van der Waals surface area contributed by atoms with Crippen molar-refractivity contribution < 1.29 is 19.1 Å². The van der Waals surface area contributed by atoms with E-state index in [2.05, 4.69) is 33.8 Å². The van der Waals surface area contributed by atoms with Crippen LogP contribution in [0.5, 0.6) is 5.75 Å². The first-order valence-electron chi connectivity index (χ1n) is 9.14. The second-order valence-corrected chi connectivity index (χ2v) is 8.43. The van der Waals surface area contributed by atoms with Crippen LogP contribution in [0, 0.1) is 0 Å². The smallest absolute Gasteiger partial charge is 0.309 e. The van der Waals surface area contributed by atoms with Gasteiger partial charge in [0.25, 0.3) is 0 Å². The highest BCUT2D eigenvalue weighted by Crippen LogP contribution is 2.47. The Balaban J connectivity index is 2.03. The summed E-state index contributed by atoms with van der Waals surface area (Å²) in [5, 5.41) is 0. The van der Waals surface area contributed by atoms with Crippen LogP contribution in [0.4, 0.5) is 0 Å². The number of benzene rings is 2. The van der Waals surface area contributed by atoms with E-state index >= 15 is 0 Å². The van der Waals surface area contributed by atoms with Crippen LogP contribution in [-0.2, 0) is 21.4 Å². The zero-order valence-corrected chi connectivity index (χ0v) is 16.6. The van der Waals surface area contributed by atoms with Crippen molar-refractivity contribution >= 4 is 12.3 Å². The predicted molar refractivity (Wildman–Crippen MR) is 105 cm³/mol. The molecule has 142 valence electrons. The largest absolute Gasteiger partial charge is 0.487 e. The number of ether oxygens (including phenoxy) is 2. The maximum Gasteiger partial charge on any atom is 0.309 e. The lowest BCUT2D eigenvalue weighted by Gasteiger charge is -2.43. The summed E-state index contributed by atoms with van der Waals surface area (Å²) in [5.74, 6) is 0.429. The monoisotopic (exact) mass is 366 g/mol. The molecule has 3 rings (SSSR count). The molecule has 0 radical (unpaired) electrons. The van der Waals surface area contributed by atoms with Crippen molar-refractivity contribution in [3.8, 4) is 16.9 Å². The molecule has 1 aliphatic rings. The van der Waals surface area contributed by atoms with Gasteiger partial charge in [-0.15, -0.1) is 0 Å². The van der Waals surface area contributed by atoms with Crippen LogP contribution in [-0.4, -0.2) is 25.0 Å². The highest BCUT2D eigenvalue weighted by Gasteiger charge is 2.40. The summed E-state index contributed by atoms with van der Waals surface area (Å²) >= 11 is 0. The van der Waals surface area contributed by atoms with Crippen molar-refractivity contribution in [3.05, 3.63) is 53.1 Å². The van der Waals surface area contributed by atoms with E-state index in [0.717, 1.165) is 35.0 Å². The Morgan fingerprint density at radius 3 is 2.37 bits per heavy atom. The van der Waals surface area contributed by atoms with Gasteiger partial charge in [0, 0.05) is 5.56 Å². The molecule has 27 heavy (non-hydrogen) atoms. The van der Waals surface area contributed by atoms with Gasteiger partial charge in [-0.05, 0) is 54.5 Å². The first kappa shape index (κ1) is 19.2. The molecule has 0 saturated carbocycles. The molecule has 1 aliphatic heterocycles. The van der Waals surface area contributed by atoms with Crippen LogP contribution < -0.4 is 4.74 Å². The maximum absolute atomic E-state index is 11.8. The first-order chi connectivity index (χ1) is 12.6. The van der Waals surface area contributed by atoms with Crippen LogP contribution in [0.2, 0.25) is 0 Å². The van der Waals surface area contributed by atoms with Gasteiger partial charge in [-0.25, -0.2) is 0 Å². The van der Waals surface area contributed by atoms with Crippen LogP contribution in [0.15, 0.2) is 36.4 Å². The van der Waals surface area contributed by atoms with E-state index in [9.17, 15) is 9.59 Å². The minimum Gasteiger partial charge on any atom is -0.487 e. The lowest BCUT2D eigenvalue weighted by atomic mass is 9.72. The van der Waals surface area contributed by atoms with Crippen LogP contribution in [0.25, 0.3) is 11.1 Å². The van der Waals surface area contributed by atoms with Gasteiger partial charge in [-0.3, -0.25) is 9.59 Å². The van der Waals surface area contributed by atoms with Gasteiger partial charge in [-0.1, -0.05) is 38.1 Å². The van der Waals surface area contributed by atoms with Gasteiger partial charge >= 0.3 is 5.97 Å². The van der Waals surface area contributed by atoms with E-state index in [0.29, 0.717) is 11.3 Å². The molecule has 2 aromatic rings. The Kier molecular flexibility index (Phi) is 4.85. The normalized spacial score (nSPS) is 16.8. The molecule has 0 amide bonds. The number of fused-ring (bicyclic) bond motifs is 1. The highest BCUT2D eigenvalue weighted by molar-refractivity contribution is 5.85. The number of hydrogen-bond acceptors (Lipinski definition) is 4. The molecule has 0 spiro atoms. The number of carbonyl (C=O) groups is 2. The fourth-order valence-corrected chi connectivity index (χ4v) is 4.05. The van der Waals surface area contributed by atoms with Crippen molar-refractivity contribution in [1.29, 1.82) is 0 Å². The van der Waals surface area contributed by atoms with Crippen LogP contribution in [0.1, 0.15) is 55.6 Å². The topological polar surface area (TPSA) is 52.6 Å². The van der Waals surface area contributed by atoms with Gasteiger partial charge in [0.15, 0.2) is 6.29 Å². The van der Waals surface area contributed by atoms with E-state index in [4.69, 9.17) is 9.47 Å². The molecule has 4 heteroatoms. The zero-order chi connectivity index (χ0) is 19.8. The summed E-state index contributed by atoms with van der Waals surface area (Å²) in [5.41, 5.74) is 4.07. The molecular weight excluding hydrogens is 340 g/mol. The van der Waals surface area contributed by atoms with Gasteiger partial charge in [0.05, 0.1) is 19.1 Å². The predicted octanol–water partition coefficient (Wildman–Crippen LogP) is 4.72. The van der Waals surface area contributed by atoms with E-state index < -0.39 is 0 Å². The summed E-state index contributed by atoms with van der Waals surface area (Å²) in [6.45, 7) is 8.49. The fraction of sp³-hybridized carbons (Fsp3) is 0.391. The lowest BCUT2D eigenvalue weighted by molar-refractivity contribution is -0.139. The lowest BCUT2D eigenvalue weighted by Crippen LogP contribution is -2.41. The second kappa shape index (κ2) is 6.84. The quantitative estimate of drug-likeness (QED) is 0.580. The summed E-state index contributed by atoms with van der Waals surface area (Å²) in [4.78, 5) is 23.2. The average Bonchev–Trinajstić information content (AvgIpc) is 2.60. The SMILES string of the molecule is COC(=O)Cc1ccc(-c2cc(C=O)c3c(c2)C(C)(C)CC(C)(C)O3)cc1. The van der Waals surface area contributed by atoms with Crippen molar-refractivity contribution in [2.75, 3.05) is 7.11 Å². The van der Waals surface area contributed by atoms with Gasteiger partial charge in [-0.2, -0.15) is 0 Å². The minimum absolute atomic E-state index is 0.102.